The monoisotopic (exact) mass is 328 g/mol. The molecule has 122 valence electrons. The molecule has 1 N–H and O–H groups in total. The zero-order valence-corrected chi connectivity index (χ0v) is 13.7. The third-order valence-corrected chi connectivity index (χ3v) is 3.79. The van der Waals surface area contributed by atoms with Crippen LogP contribution in [0, 0.1) is 11.3 Å². The molecule has 0 radical (unpaired) electrons. The van der Waals surface area contributed by atoms with Crippen LogP contribution in [0.3, 0.4) is 0 Å². The Bertz CT molecular complexity index is 914. The SMILES string of the molecule is CN(c1ccccc1)c1cncc(C(=O)Nc2ccc(C#N)cc2)c1. The molecule has 0 saturated carbocycles. The van der Waals surface area contributed by atoms with Crippen molar-refractivity contribution in [1.29, 1.82) is 5.26 Å². The summed E-state index contributed by atoms with van der Waals surface area (Å²) in [6.45, 7) is 0. The first kappa shape index (κ1) is 16.2. The van der Waals surface area contributed by atoms with E-state index in [1.54, 1.807) is 36.5 Å². The third kappa shape index (κ3) is 3.82. The second-order valence-electron chi connectivity index (χ2n) is 5.47. The molecule has 0 aliphatic heterocycles. The Kier molecular flexibility index (Phi) is 4.72. The molecular formula is C20H16N4O. The second-order valence-corrected chi connectivity index (χ2v) is 5.47. The Morgan fingerprint density at radius 2 is 1.76 bits per heavy atom. The molecule has 0 atom stereocenters. The molecule has 5 nitrogen and oxygen atoms in total. The number of pyridine rings is 1. The van der Waals surface area contributed by atoms with Gasteiger partial charge in [0.25, 0.3) is 5.91 Å². The molecule has 1 aromatic heterocycles. The maximum absolute atomic E-state index is 12.4. The number of carbonyl (C=O) groups is 1. The Hall–Kier alpha value is -3.65. The number of carbonyl (C=O) groups excluding carboxylic acids is 1. The number of rotatable bonds is 4. The van der Waals surface area contributed by atoms with Crippen molar-refractivity contribution in [3.05, 3.63) is 84.2 Å². The third-order valence-electron chi connectivity index (χ3n) is 3.79. The van der Waals surface area contributed by atoms with Gasteiger partial charge in [-0.15, -0.1) is 0 Å². The van der Waals surface area contributed by atoms with Gasteiger partial charge in [0.15, 0.2) is 0 Å². The Labute approximate surface area is 146 Å². The van der Waals surface area contributed by atoms with Gasteiger partial charge in [0.2, 0.25) is 0 Å². The Morgan fingerprint density at radius 1 is 1.04 bits per heavy atom. The summed E-state index contributed by atoms with van der Waals surface area (Å²) in [5.74, 6) is -0.250. The number of nitrogens with zero attached hydrogens (tertiary/aromatic N) is 3. The molecule has 0 saturated heterocycles. The molecule has 1 heterocycles. The lowest BCUT2D eigenvalue weighted by Crippen LogP contribution is -2.14. The quantitative estimate of drug-likeness (QED) is 0.786. The number of amides is 1. The van der Waals surface area contributed by atoms with E-state index in [1.165, 1.54) is 6.20 Å². The van der Waals surface area contributed by atoms with E-state index in [-0.39, 0.29) is 5.91 Å². The largest absolute Gasteiger partial charge is 0.343 e. The smallest absolute Gasteiger partial charge is 0.257 e. The topological polar surface area (TPSA) is 69.0 Å². The van der Waals surface area contributed by atoms with Gasteiger partial charge in [0.05, 0.1) is 29.1 Å². The first-order chi connectivity index (χ1) is 12.2. The number of benzene rings is 2. The van der Waals surface area contributed by atoms with E-state index in [9.17, 15) is 4.79 Å². The van der Waals surface area contributed by atoms with Crippen molar-refractivity contribution < 1.29 is 4.79 Å². The molecule has 0 fully saturated rings. The molecule has 0 bridgehead atoms. The molecule has 0 aliphatic carbocycles. The van der Waals surface area contributed by atoms with E-state index in [1.807, 2.05) is 48.3 Å². The minimum Gasteiger partial charge on any atom is -0.343 e. The molecule has 2 aromatic carbocycles. The number of nitriles is 1. The van der Waals surface area contributed by atoms with Gasteiger partial charge in [-0.05, 0) is 42.5 Å². The fourth-order valence-electron chi connectivity index (χ4n) is 2.37. The highest BCUT2D eigenvalue weighted by molar-refractivity contribution is 6.04. The van der Waals surface area contributed by atoms with Crippen molar-refractivity contribution in [2.45, 2.75) is 0 Å². The van der Waals surface area contributed by atoms with E-state index < -0.39 is 0 Å². The van der Waals surface area contributed by atoms with Crippen LogP contribution >= 0.6 is 0 Å². The summed E-state index contributed by atoms with van der Waals surface area (Å²) < 4.78 is 0. The van der Waals surface area contributed by atoms with Crippen molar-refractivity contribution in [2.24, 2.45) is 0 Å². The van der Waals surface area contributed by atoms with Crippen LogP contribution in [-0.2, 0) is 0 Å². The van der Waals surface area contributed by atoms with Crippen LogP contribution in [0.4, 0.5) is 17.1 Å². The molecule has 3 rings (SSSR count). The highest BCUT2D eigenvalue weighted by Crippen LogP contribution is 2.23. The van der Waals surface area contributed by atoms with Crippen molar-refractivity contribution >= 4 is 23.0 Å². The van der Waals surface area contributed by atoms with E-state index in [4.69, 9.17) is 5.26 Å². The maximum Gasteiger partial charge on any atom is 0.257 e. The van der Waals surface area contributed by atoms with Gasteiger partial charge < -0.3 is 10.2 Å². The van der Waals surface area contributed by atoms with Crippen molar-refractivity contribution in [3.8, 4) is 6.07 Å². The van der Waals surface area contributed by atoms with Gasteiger partial charge in [-0.25, -0.2) is 0 Å². The van der Waals surface area contributed by atoms with E-state index in [0.717, 1.165) is 11.4 Å². The summed E-state index contributed by atoms with van der Waals surface area (Å²) in [6, 6.07) is 20.4. The van der Waals surface area contributed by atoms with Gasteiger partial charge in [-0.1, -0.05) is 18.2 Å². The standard InChI is InChI=1S/C20H16N4O/c1-24(18-5-3-2-4-6-18)19-11-16(13-22-14-19)20(25)23-17-9-7-15(12-21)8-10-17/h2-11,13-14H,1H3,(H,23,25). The summed E-state index contributed by atoms with van der Waals surface area (Å²) in [4.78, 5) is 18.6. The van der Waals surface area contributed by atoms with Gasteiger partial charge in [0.1, 0.15) is 0 Å². The number of nitrogens with one attached hydrogen (secondary N) is 1. The van der Waals surface area contributed by atoms with E-state index in [2.05, 4.69) is 10.3 Å². The lowest BCUT2D eigenvalue weighted by molar-refractivity contribution is 0.102. The first-order valence-corrected chi connectivity index (χ1v) is 7.73. The molecule has 5 heteroatoms. The molecular weight excluding hydrogens is 312 g/mol. The summed E-state index contributed by atoms with van der Waals surface area (Å²) in [5, 5.41) is 11.6. The Balaban J connectivity index is 1.78. The minimum absolute atomic E-state index is 0.250. The van der Waals surface area contributed by atoms with Crippen molar-refractivity contribution in [1.82, 2.24) is 4.98 Å². The number of anilines is 3. The summed E-state index contributed by atoms with van der Waals surface area (Å²) in [5.41, 5.74) is 3.47. The van der Waals surface area contributed by atoms with Gasteiger partial charge in [-0.2, -0.15) is 5.26 Å². The van der Waals surface area contributed by atoms with Crippen molar-refractivity contribution in [3.63, 3.8) is 0 Å². The lowest BCUT2D eigenvalue weighted by atomic mass is 10.2. The summed E-state index contributed by atoms with van der Waals surface area (Å²) in [7, 11) is 1.93. The fraction of sp³-hybridized carbons (Fsp3) is 0.0500. The first-order valence-electron chi connectivity index (χ1n) is 7.73. The van der Waals surface area contributed by atoms with Crippen LogP contribution in [0.15, 0.2) is 73.1 Å². The molecule has 25 heavy (non-hydrogen) atoms. The lowest BCUT2D eigenvalue weighted by Gasteiger charge is -2.19. The molecule has 1 amide bonds. The predicted molar refractivity (Wildman–Crippen MR) is 97.9 cm³/mol. The molecule has 3 aromatic rings. The molecule has 0 aliphatic rings. The minimum atomic E-state index is -0.250. The van der Waals surface area contributed by atoms with Gasteiger partial charge in [0, 0.05) is 24.6 Å². The van der Waals surface area contributed by atoms with Crippen LogP contribution < -0.4 is 10.2 Å². The fourth-order valence-corrected chi connectivity index (χ4v) is 2.37. The molecule has 0 spiro atoms. The average molecular weight is 328 g/mol. The van der Waals surface area contributed by atoms with E-state index >= 15 is 0 Å². The maximum atomic E-state index is 12.4. The molecule has 0 unspecified atom stereocenters. The summed E-state index contributed by atoms with van der Waals surface area (Å²) in [6.07, 6.45) is 3.24. The number of para-hydroxylation sites is 1. The van der Waals surface area contributed by atoms with E-state index in [0.29, 0.717) is 16.8 Å². The van der Waals surface area contributed by atoms with Crippen LogP contribution in [0.25, 0.3) is 0 Å². The second kappa shape index (κ2) is 7.28. The van der Waals surface area contributed by atoms with Crippen LogP contribution in [0.1, 0.15) is 15.9 Å². The average Bonchev–Trinajstić information content (AvgIpc) is 2.68. The predicted octanol–water partition coefficient (Wildman–Crippen LogP) is 3.97. The summed E-state index contributed by atoms with van der Waals surface area (Å²) >= 11 is 0. The van der Waals surface area contributed by atoms with Gasteiger partial charge in [-0.3, -0.25) is 9.78 Å². The van der Waals surface area contributed by atoms with Gasteiger partial charge >= 0.3 is 0 Å². The van der Waals surface area contributed by atoms with Crippen LogP contribution in [0.5, 0.6) is 0 Å². The van der Waals surface area contributed by atoms with Crippen molar-refractivity contribution in [2.75, 3.05) is 17.3 Å². The highest BCUT2D eigenvalue weighted by atomic mass is 16.1. The number of hydrogen-bond donors (Lipinski definition) is 1. The zero-order chi connectivity index (χ0) is 17.6. The van der Waals surface area contributed by atoms with Crippen LogP contribution in [-0.4, -0.2) is 17.9 Å². The normalized spacial score (nSPS) is 9.92. The van der Waals surface area contributed by atoms with Crippen LogP contribution in [0.2, 0.25) is 0 Å². The number of aromatic nitrogens is 1. The number of hydrogen-bond acceptors (Lipinski definition) is 4. The highest BCUT2D eigenvalue weighted by Gasteiger charge is 2.10. The Morgan fingerprint density at radius 3 is 2.44 bits per heavy atom. The zero-order valence-electron chi connectivity index (χ0n) is 13.7.